The molecule has 0 fully saturated rings. The molecule has 2 unspecified atom stereocenters. The Hall–Kier alpha value is -0.770. The van der Waals surface area contributed by atoms with Gasteiger partial charge in [0, 0.05) is 24.7 Å². The van der Waals surface area contributed by atoms with Gasteiger partial charge in [0.05, 0.1) is 5.92 Å². The van der Waals surface area contributed by atoms with Crippen molar-refractivity contribution in [3.63, 3.8) is 0 Å². The number of rotatable bonds is 4. The molecule has 2 N–H and O–H groups in total. The van der Waals surface area contributed by atoms with Gasteiger partial charge in [-0.25, -0.2) is 0 Å². The highest BCUT2D eigenvalue weighted by Gasteiger charge is 2.22. The van der Waals surface area contributed by atoms with Crippen LogP contribution in [0.1, 0.15) is 25.3 Å². The van der Waals surface area contributed by atoms with Crippen LogP contribution in [0.2, 0.25) is 5.02 Å². The van der Waals surface area contributed by atoms with Crippen LogP contribution in [0, 0.1) is 0 Å². The van der Waals surface area contributed by atoms with Crippen LogP contribution in [0.15, 0.2) is 24.3 Å². The molecule has 18 heavy (non-hydrogen) atoms. The van der Waals surface area contributed by atoms with Crippen LogP contribution >= 0.6 is 24.0 Å². The lowest BCUT2D eigenvalue weighted by atomic mass is 9.99. The number of nitrogens with zero attached hydrogens (tertiary/aromatic N) is 1. The molecule has 0 aliphatic carbocycles. The summed E-state index contributed by atoms with van der Waals surface area (Å²) in [7, 11) is 1.78. The first-order valence-corrected chi connectivity index (χ1v) is 6.07. The fraction of sp³-hybridized carbons (Fsp3) is 0.462. The Bertz CT molecular complexity index is 398. The van der Waals surface area contributed by atoms with Crippen molar-refractivity contribution in [1.29, 1.82) is 0 Å². The predicted octanol–water partition coefficient (Wildman–Crippen LogP) is 2.67. The standard InChI is InChI=1S/C13H19ClN2O.ClH/c1-9(8-15)16(3)13(17)10(2)11-5-4-6-12(14)7-11;/h4-7,9-10H,8,15H2,1-3H3;1H. The smallest absolute Gasteiger partial charge is 0.229 e. The third-order valence-electron chi connectivity index (χ3n) is 3.07. The molecule has 0 heterocycles. The first-order valence-electron chi connectivity index (χ1n) is 5.69. The molecular weight excluding hydrogens is 271 g/mol. The summed E-state index contributed by atoms with van der Waals surface area (Å²) in [6.07, 6.45) is 0. The number of benzene rings is 1. The lowest BCUT2D eigenvalue weighted by Gasteiger charge is -2.27. The van der Waals surface area contributed by atoms with Gasteiger partial charge in [-0.05, 0) is 31.5 Å². The number of carbonyl (C=O) groups is 1. The number of carbonyl (C=O) groups excluding carboxylic acids is 1. The van der Waals surface area contributed by atoms with Gasteiger partial charge in [-0.2, -0.15) is 0 Å². The van der Waals surface area contributed by atoms with Crippen LogP contribution < -0.4 is 5.73 Å². The van der Waals surface area contributed by atoms with Gasteiger partial charge in [-0.3, -0.25) is 4.79 Å². The number of halogens is 2. The molecule has 102 valence electrons. The van der Waals surface area contributed by atoms with Gasteiger partial charge in [0.1, 0.15) is 0 Å². The second-order valence-corrected chi connectivity index (χ2v) is 4.75. The molecule has 2 atom stereocenters. The third kappa shape index (κ3) is 4.16. The molecule has 0 spiro atoms. The Morgan fingerprint density at radius 2 is 2.06 bits per heavy atom. The van der Waals surface area contributed by atoms with Crippen molar-refractivity contribution in [3.8, 4) is 0 Å². The maximum atomic E-state index is 12.2. The molecule has 1 aromatic rings. The van der Waals surface area contributed by atoms with Gasteiger partial charge < -0.3 is 10.6 Å². The van der Waals surface area contributed by atoms with E-state index in [9.17, 15) is 4.79 Å². The van der Waals surface area contributed by atoms with Crippen LogP contribution in [0.3, 0.4) is 0 Å². The molecule has 0 saturated heterocycles. The van der Waals surface area contributed by atoms with Crippen molar-refractivity contribution in [1.82, 2.24) is 4.90 Å². The summed E-state index contributed by atoms with van der Waals surface area (Å²) >= 11 is 5.92. The third-order valence-corrected chi connectivity index (χ3v) is 3.30. The number of likely N-dealkylation sites (N-methyl/N-ethyl adjacent to an activating group) is 1. The molecule has 0 saturated carbocycles. The fourth-order valence-electron chi connectivity index (χ4n) is 1.60. The Balaban J connectivity index is 0.00000289. The molecule has 3 nitrogen and oxygen atoms in total. The van der Waals surface area contributed by atoms with E-state index in [1.807, 2.05) is 32.0 Å². The Morgan fingerprint density at radius 1 is 1.44 bits per heavy atom. The lowest BCUT2D eigenvalue weighted by Crippen LogP contribution is -2.41. The summed E-state index contributed by atoms with van der Waals surface area (Å²) in [5.74, 6) is -0.141. The molecule has 1 amide bonds. The number of nitrogens with two attached hydrogens (primary N) is 1. The first-order chi connectivity index (χ1) is 7.97. The van der Waals surface area contributed by atoms with Crippen molar-refractivity contribution in [2.24, 2.45) is 5.73 Å². The van der Waals surface area contributed by atoms with Gasteiger partial charge in [0.15, 0.2) is 0 Å². The number of hydrogen-bond acceptors (Lipinski definition) is 2. The average Bonchev–Trinajstić information content (AvgIpc) is 2.35. The zero-order chi connectivity index (χ0) is 13.0. The lowest BCUT2D eigenvalue weighted by molar-refractivity contribution is -0.132. The minimum absolute atomic E-state index is 0. The van der Waals surface area contributed by atoms with Crippen molar-refractivity contribution < 1.29 is 4.79 Å². The van der Waals surface area contributed by atoms with Crippen LogP contribution in [0.5, 0.6) is 0 Å². The van der Waals surface area contributed by atoms with Crippen LogP contribution in [-0.4, -0.2) is 30.4 Å². The normalized spacial score (nSPS) is 13.4. The van der Waals surface area contributed by atoms with E-state index in [0.717, 1.165) is 5.56 Å². The molecule has 1 rings (SSSR count). The van der Waals surface area contributed by atoms with Crippen LogP contribution in [-0.2, 0) is 4.79 Å². The summed E-state index contributed by atoms with van der Waals surface area (Å²) in [6, 6.07) is 7.44. The van der Waals surface area contributed by atoms with Gasteiger partial charge in [-0.1, -0.05) is 23.7 Å². The van der Waals surface area contributed by atoms with E-state index in [2.05, 4.69) is 0 Å². The van der Waals surface area contributed by atoms with Gasteiger partial charge >= 0.3 is 0 Å². The van der Waals surface area contributed by atoms with E-state index in [4.69, 9.17) is 17.3 Å². The molecule has 1 aromatic carbocycles. The van der Waals surface area contributed by atoms with Gasteiger partial charge in [-0.15, -0.1) is 12.4 Å². The summed E-state index contributed by atoms with van der Waals surface area (Å²) in [5, 5.41) is 0.650. The Labute approximate surface area is 120 Å². The average molecular weight is 291 g/mol. The van der Waals surface area contributed by atoms with Gasteiger partial charge in [0.2, 0.25) is 5.91 Å². The van der Waals surface area contributed by atoms with Gasteiger partial charge in [0.25, 0.3) is 0 Å². The van der Waals surface area contributed by atoms with Crippen LogP contribution in [0.25, 0.3) is 0 Å². The number of hydrogen-bond donors (Lipinski definition) is 1. The zero-order valence-corrected chi connectivity index (χ0v) is 12.5. The minimum Gasteiger partial charge on any atom is -0.341 e. The topological polar surface area (TPSA) is 46.3 Å². The number of amides is 1. The quantitative estimate of drug-likeness (QED) is 0.927. The fourth-order valence-corrected chi connectivity index (χ4v) is 1.80. The largest absolute Gasteiger partial charge is 0.341 e. The highest BCUT2D eigenvalue weighted by atomic mass is 35.5. The Morgan fingerprint density at radius 3 is 2.56 bits per heavy atom. The monoisotopic (exact) mass is 290 g/mol. The van der Waals surface area contributed by atoms with E-state index in [-0.39, 0.29) is 30.3 Å². The summed E-state index contributed by atoms with van der Waals surface area (Å²) in [5.41, 5.74) is 6.49. The molecule has 0 bridgehead atoms. The highest BCUT2D eigenvalue weighted by Crippen LogP contribution is 2.21. The highest BCUT2D eigenvalue weighted by molar-refractivity contribution is 6.30. The predicted molar refractivity (Wildman–Crippen MR) is 78.4 cm³/mol. The molecular formula is C13H20Cl2N2O. The molecule has 5 heteroatoms. The maximum absolute atomic E-state index is 12.2. The molecule has 0 aliphatic heterocycles. The van der Waals surface area contributed by atoms with E-state index in [0.29, 0.717) is 11.6 Å². The first kappa shape index (κ1) is 17.2. The summed E-state index contributed by atoms with van der Waals surface area (Å²) in [4.78, 5) is 13.9. The SMILES string of the molecule is CC(C(=O)N(C)C(C)CN)c1cccc(Cl)c1.Cl. The summed E-state index contributed by atoms with van der Waals surface area (Å²) < 4.78 is 0. The maximum Gasteiger partial charge on any atom is 0.229 e. The van der Waals surface area contributed by atoms with Crippen molar-refractivity contribution in [3.05, 3.63) is 34.9 Å². The second-order valence-electron chi connectivity index (χ2n) is 4.31. The molecule has 0 aromatic heterocycles. The molecule has 0 radical (unpaired) electrons. The zero-order valence-electron chi connectivity index (χ0n) is 10.9. The summed E-state index contributed by atoms with van der Waals surface area (Å²) in [6.45, 7) is 4.28. The van der Waals surface area contributed by atoms with Crippen molar-refractivity contribution in [2.75, 3.05) is 13.6 Å². The van der Waals surface area contributed by atoms with E-state index >= 15 is 0 Å². The second kappa shape index (κ2) is 7.62. The van der Waals surface area contributed by atoms with E-state index in [1.54, 1.807) is 18.0 Å². The van der Waals surface area contributed by atoms with Crippen LogP contribution in [0.4, 0.5) is 0 Å². The Kier molecular flexibility index (Phi) is 7.29. The van der Waals surface area contributed by atoms with E-state index < -0.39 is 0 Å². The van der Waals surface area contributed by atoms with E-state index in [1.165, 1.54) is 0 Å². The van der Waals surface area contributed by atoms with Crippen molar-refractivity contribution >= 4 is 29.9 Å². The van der Waals surface area contributed by atoms with Crippen molar-refractivity contribution in [2.45, 2.75) is 25.8 Å². The minimum atomic E-state index is -0.201. The molecule has 0 aliphatic rings.